The summed E-state index contributed by atoms with van der Waals surface area (Å²) in [7, 11) is 0. The Morgan fingerprint density at radius 2 is 1.87 bits per heavy atom. The molecule has 132 valence electrons. The number of nitrogens with one attached hydrogen (secondary N) is 1. The van der Waals surface area contributed by atoms with Gasteiger partial charge in [0.1, 0.15) is 12.2 Å². The van der Waals surface area contributed by atoms with Gasteiger partial charge in [-0.3, -0.25) is 4.79 Å². The predicted octanol–water partition coefficient (Wildman–Crippen LogP) is 0.290. The molecule has 0 radical (unpaired) electrons. The summed E-state index contributed by atoms with van der Waals surface area (Å²) in [6.07, 6.45) is -0.661. The molecule has 3 N–H and O–H groups in total. The summed E-state index contributed by atoms with van der Waals surface area (Å²) >= 11 is 0. The van der Waals surface area contributed by atoms with Crippen molar-refractivity contribution in [3.05, 3.63) is 11.6 Å². The van der Waals surface area contributed by atoms with Crippen molar-refractivity contribution in [1.82, 2.24) is 5.32 Å². The molecule has 1 aliphatic rings. The van der Waals surface area contributed by atoms with E-state index in [0.717, 1.165) is 12.8 Å². The van der Waals surface area contributed by atoms with Crippen LogP contribution in [0.1, 0.15) is 40.5 Å². The van der Waals surface area contributed by atoms with Crippen LogP contribution in [-0.4, -0.2) is 59.2 Å². The van der Waals surface area contributed by atoms with Gasteiger partial charge in [0.25, 0.3) is 0 Å². The highest BCUT2D eigenvalue weighted by atomic mass is 16.5. The van der Waals surface area contributed by atoms with Crippen molar-refractivity contribution in [2.75, 3.05) is 6.61 Å². The Hall–Kier alpha value is -1.44. The van der Waals surface area contributed by atoms with Crippen molar-refractivity contribution >= 4 is 11.9 Å². The molecule has 0 aromatic heterocycles. The molecule has 0 bridgehead atoms. The average Bonchev–Trinajstić information content (AvgIpc) is 2.51. The molecule has 23 heavy (non-hydrogen) atoms. The third kappa shape index (κ3) is 5.02. The first-order chi connectivity index (χ1) is 10.8. The Labute approximate surface area is 136 Å². The van der Waals surface area contributed by atoms with E-state index in [0.29, 0.717) is 0 Å². The normalized spacial score (nSPS) is 27.5. The lowest BCUT2D eigenvalue weighted by Gasteiger charge is -2.38. The van der Waals surface area contributed by atoms with Crippen LogP contribution in [0, 0.1) is 0 Å². The number of aliphatic hydroxyl groups is 2. The van der Waals surface area contributed by atoms with Crippen LogP contribution in [0.3, 0.4) is 0 Å². The summed E-state index contributed by atoms with van der Waals surface area (Å²) in [6.45, 7) is 7.06. The summed E-state index contributed by atoms with van der Waals surface area (Å²) in [5, 5.41) is 23.1. The van der Waals surface area contributed by atoms with Gasteiger partial charge in [-0.25, -0.2) is 4.79 Å². The molecule has 1 rings (SSSR count). The van der Waals surface area contributed by atoms with Gasteiger partial charge in [0, 0.05) is 6.92 Å². The quantitative estimate of drug-likeness (QED) is 0.580. The molecular weight excluding hydrogens is 302 g/mol. The van der Waals surface area contributed by atoms with Crippen LogP contribution in [0.25, 0.3) is 0 Å². The van der Waals surface area contributed by atoms with Crippen molar-refractivity contribution < 1.29 is 29.3 Å². The maximum Gasteiger partial charge on any atom is 0.336 e. The van der Waals surface area contributed by atoms with Gasteiger partial charge < -0.3 is 25.0 Å². The summed E-state index contributed by atoms with van der Waals surface area (Å²) in [4.78, 5) is 23.3. The lowest BCUT2D eigenvalue weighted by atomic mass is 9.87. The highest BCUT2D eigenvalue weighted by Crippen LogP contribution is 2.25. The van der Waals surface area contributed by atoms with Gasteiger partial charge in [0.05, 0.1) is 30.4 Å². The van der Waals surface area contributed by atoms with Gasteiger partial charge in [0.2, 0.25) is 5.91 Å². The fourth-order valence-electron chi connectivity index (χ4n) is 2.59. The second kappa shape index (κ2) is 9.00. The minimum absolute atomic E-state index is 0.0445. The number of carbonyl (C=O) groups excluding carboxylic acids is 2. The van der Waals surface area contributed by atoms with Gasteiger partial charge in [-0.05, 0) is 25.8 Å². The number of esters is 1. The smallest absolute Gasteiger partial charge is 0.336 e. The monoisotopic (exact) mass is 329 g/mol. The molecule has 0 heterocycles. The molecule has 4 atom stereocenters. The van der Waals surface area contributed by atoms with Crippen molar-refractivity contribution in [2.24, 2.45) is 0 Å². The summed E-state index contributed by atoms with van der Waals surface area (Å²) in [6, 6.07) is -0.832. The van der Waals surface area contributed by atoms with Gasteiger partial charge in [0.15, 0.2) is 0 Å². The molecule has 7 heteroatoms. The fraction of sp³-hybridized carbons (Fsp3) is 0.750. The fourth-order valence-corrected chi connectivity index (χ4v) is 2.59. The largest absolute Gasteiger partial charge is 0.463 e. The number of hydrogen-bond donors (Lipinski definition) is 3. The zero-order chi connectivity index (χ0) is 17.6. The van der Waals surface area contributed by atoms with Crippen LogP contribution in [0.5, 0.6) is 0 Å². The predicted molar refractivity (Wildman–Crippen MR) is 83.6 cm³/mol. The van der Waals surface area contributed by atoms with E-state index in [1.165, 1.54) is 13.0 Å². The van der Waals surface area contributed by atoms with Crippen LogP contribution in [-0.2, 0) is 19.1 Å². The molecule has 1 amide bonds. The second-order valence-corrected chi connectivity index (χ2v) is 5.54. The number of rotatable bonds is 7. The number of hydrogen-bond acceptors (Lipinski definition) is 6. The lowest BCUT2D eigenvalue weighted by Crippen LogP contribution is -2.58. The first kappa shape index (κ1) is 19.6. The number of ether oxygens (including phenoxy) is 2. The second-order valence-electron chi connectivity index (χ2n) is 5.54. The Morgan fingerprint density at radius 3 is 2.35 bits per heavy atom. The maximum atomic E-state index is 11.9. The van der Waals surface area contributed by atoms with E-state index in [1.54, 1.807) is 6.92 Å². The van der Waals surface area contributed by atoms with Crippen LogP contribution in [0.2, 0.25) is 0 Å². The minimum Gasteiger partial charge on any atom is -0.463 e. The molecule has 7 nitrogen and oxygen atoms in total. The summed E-state index contributed by atoms with van der Waals surface area (Å²) in [5.74, 6) is -1.05. The Balaban J connectivity index is 3.11. The van der Waals surface area contributed by atoms with Crippen molar-refractivity contribution in [3.8, 4) is 0 Å². The molecule has 0 aliphatic heterocycles. The van der Waals surface area contributed by atoms with E-state index in [4.69, 9.17) is 9.47 Å². The van der Waals surface area contributed by atoms with E-state index in [9.17, 15) is 19.8 Å². The molecule has 0 saturated carbocycles. The molecule has 0 aromatic carbocycles. The Bertz CT molecular complexity index is 446. The van der Waals surface area contributed by atoms with Gasteiger partial charge in [-0.2, -0.15) is 0 Å². The zero-order valence-electron chi connectivity index (χ0n) is 14.1. The van der Waals surface area contributed by atoms with Crippen molar-refractivity contribution in [3.63, 3.8) is 0 Å². The molecule has 0 fully saturated rings. The molecule has 0 aromatic rings. The third-order valence-electron chi connectivity index (χ3n) is 3.85. The van der Waals surface area contributed by atoms with Crippen molar-refractivity contribution in [1.29, 1.82) is 0 Å². The van der Waals surface area contributed by atoms with Gasteiger partial charge in [-0.1, -0.05) is 13.8 Å². The van der Waals surface area contributed by atoms with Crippen LogP contribution < -0.4 is 5.32 Å². The molecule has 0 spiro atoms. The van der Waals surface area contributed by atoms with Gasteiger partial charge >= 0.3 is 5.97 Å². The van der Waals surface area contributed by atoms with E-state index in [-0.39, 0.29) is 24.2 Å². The number of amides is 1. The molecular formula is C16H27NO6. The lowest BCUT2D eigenvalue weighted by molar-refractivity contribution is -0.142. The van der Waals surface area contributed by atoms with Crippen molar-refractivity contribution in [2.45, 2.75) is 71.0 Å². The van der Waals surface area contributed by atoms with E-state index in [1.807, 2.05) is 13.8 Å². The first-order valence-corrected chi connectivity index (χ1v) is 8.03. The van der Waals surface area contributed by atoms with Crippen LogP contribution >= 0.6 is 0 Å². The molecule has 0 unspecified atom stereocenters. The number of aliphatic hydroxyl groups excluding tert-OH is 2. The van der Waals surface area contributed by atoms with Crippen LogP contribution in [0.4, 0.5) is 0 Å². The minimum atomic E-state index is -1.44. The topological polar surface area (TPSA) is 105 Å². The third-order valence-corrected chi connectivity index (χ3v) is 3.85. The molecule has 1 aliphatic carbocycles. The zero-order valence-corrected chi connectivity index (χ0v) is 14.1. The summed E-state index contributed by atoms with van der Waals surface area (Å²) < 4.78 is 10.8. The summed E-state index contributed by atoms with van der Waals surface area (Å²) in [5.41, 5.74) is -0.0445. The SMILES string of the molecule is CCOC(=O)C1=C[C@@H](OC(CC)CC)[C@@H](NC(C)=O)[C@H](O)[C@@H]1O. The van der Waals surface area contributed by atoms with E-state index in [2.05, 4.69) is 5.32 Å². The average molecular weight is 329 g/mol. The maximum absolute atomic E-state index is 11.9. The highest BCUT2D eigenvalue weighted by Gasteiger charge is 2.42. The number of carbonyl (C=O) groups is 2. The highest BCUT2D eigenvalue weighted by molar-refractivity contribution is 5.90. The first-order valence-electron chi connectivity index (χ1n) is 8.03. The Morgan fingerprint density at radius 1 is 1.26 bits per heavy atom. The van der Waals surface area contributed by atoms with E-state index < -0.39 is 30.3 Å². The van der Waals surface area contributed by atoms with Gasteiger partial charge in [-0.15, -0.1) is 0 Å². The Kier molecular flexibility index (Phi) is 7.67. The van der Waals surface area contributed by atoms with E-state index >= 15 is 0 Å². The standard InChI is InChI=1S/C16H27NO6/c1-5-10(6-2)23-12-8-11(16(21)22-7-3)14(19)15(20)13(12)17-9(4)18/h8,10,12-15,19-20H,5-7H2,1-4H3,(H,17,18)/t12-,13-,14-,15+/m1/s1. The van der Waals surface area contributed by atoms with Crippen LogP contribution in [0.15, 0.2) is 11.6 Å². The molecule has 0 saturated heterocycles.